The monoisotopic (exact) mass is 885 g/mol. The molecule has 4 amide bonds. The number of hydrogen-bond acceptors (Lipinski definition) is 10. The molecular formula is C46H53Cl2N7O7. The molecule has 0 radical (unpaired) electrons. The van der Waals surface area contributed by atoms with Crippen molar-refractivity contribution in [3.05, 3.63) is 129 Å². The van der Waals surface area contributed by atoms with Crippen LogP contribution in [0.4, 0.5) is 21.0 Å². The number of piperazine rings is 2. The number of Topliss-reactive ketones (excluding diaryl/α,β-unsaturated/α-hetero) is 1. The Morgan fingerprint density at radius 2 is 1.02 bits per heavy atom. The summed E-state index contributed by atoms with van der Waals surface area (Å²) in [5.41, 5.74) is 9.81. The lowest BCUT2D eigenvalue weighted by Crippen LogP contribution is -2.59. The standard InChI is InChI=1S/C23H27ClN4O3.C23H26ClN3O4/c24-19-2-1-3-20(12-19)28(14-17-4-6-18(7-5-17)22(29)13-25)23(30)27-10-8-26(9-11-27)21-15-31-16-21;1-30-22(28)18-7-5-17(6-8-18)14-27(20-4-2-3-19(24)13-20)23(29)26-11-9-25(10-12-26)21-15-31-16-21/h1-7,12,21H,8-11,13-16,25H2;2-8,13,21H,9-12,14-16H2,1H3. The average Bonchev–Trinajstić information content (AvgIpc) is 3.26. The van der Waals surface area contributed by atoms with Gasteiger partial charge in [-0.05, 0) is 59.7 Å². The summed E-state index contributed by atoms with van der Waals surface area (Å²) in [5.74, 6) is -0.492. The minimum absolute atomic E-state index is 0.0224. The molecule has 0 aliphatic carbocycles. The van der Waals surface area contributed by atoms with Gasteiger partial charge in [0.15, 0.2) is 5.78 Å². The van der Waals surface area contributed by atoms with Crippen molar-refractivity contribution < 1.29 is 33.4 Å². The van der Waals surface area contributed by atoms with Gasteiger partial charge in [0.05, 0.1) is 70.8 Å². The van der Waals surface area contributed by atoms with Gasteiger partial charge in [0.1, 0.15) is 0 Å². The molecule has 4 saturated heterocycles. The molecule has 4 fully saturated rings. The SMILES string of the molecule is COC(=O)c1ccc(CN(C(=O)N2CCN(C3COC3)CC2)c2cccc(Cl)c2)cc1.NCC(=O)c1ccc(CN(C(=O)N2CCN(C3COC3)CC2)c2cccc(Cl)c2)cc1. The zero-order valence-corrected chi connectivity index (χ0v) is 36.4. The first-order valence-electron chi connectivity index (χ1n) is 20.9. The van der Waals surface area contributed by atoms with Gasteiger partial charge in [-0.15, -0.1) is 0 Å². The lowest BCUT2D eigenvalue weighted by molar-refractivity contribution is -0.0738. The molecule has 0 spiro atoms. The summed E-state index contributed by atoms with van der Waals surface area (Å²) in [4.78, 5) is 62.5. The number of methoxy groups -OCH3 is 1. The van der Waals surface area contributed by atoms with Crippen LogP contribution in [0.2, 0.25) is 10.0 Å². The number of nitrogens with two attached hydrogens (primary N) is 1. The summed E-state index contributed by atoms with van der Waals surface area (Å²) in [6.45, 7) is 9.95. The van der Waals surface area contributed by atoms with E-state index >= 15 is 0 Å². The van der Waals surface area contributed by atoms with Crippen LogP contribution >= 0.6 is 23.2 Å². The van der Waals surface area contributed by atoms with Crippen molar-refractivity contribution in [2.75, 3.05) is 102 Å². The Morgan fingerprint density at radius 1 is 0.613 bits per heavy atom. The number of nitrogens with zero attached hydrogens (tertiary/aromatic N) is 6. The number of ether oxygens (including phenoxy) is 3. The van der Waals surface area contributed by atoms with E-state index in [-0.39, 0.29) is 30.4 Å². The van der Waals surface area contributed by atoms with Crippen molar-refractivity contribution in [2.24, 2.45) is 5.73 Å². The predicted molar refractivity (Wildman–Crippen MR) is 239 cm³/mol. The Balaban J connectivity index is 0.000000186. The van der Waals surface area contributed by atoms with Crippen LogP contribution in [0.3, 0.4) is 0 Å². The highest BCUT2D eigenvalue weighted by molar-refractivity contribution is 6.31. The maximum atomic E-state index is 13.5. The Bertz CT molecular complexity index is 2000. The van der Waals surface area contributed by atoms with Gasteiger partial charge in [0, 0.05) is 79.3 Å². The van der Waals surface area contributed by atoms with Crippen LogP contribution < -0.4 is 15.5 Å². The maximum Gasteiger partial charge on any atom is 0.337 e. The second-order valence-electron chi connectivity index (χ2n) is 15.6. The van der Waals surface area contributed by atoms with Crippen LogP contribution in [0, 0.1) is 0 Å². The molecule has 16 heteroatoms. The van der Waals surface area contributed by atoms with Crippen LogP contribution in [-0.2, 0) is 27.3 Å². The summed E-state index contributed by atoms with van der Waals surface area (Å²) in [5, 5.41) is 1.15. The Kier molecular flexibility index (Phi) is 15.5. The summed E-state index contributed by atoms with van der Waals surface area (Å²) in [7, 11) is 1.35. The zero-order chi connectivity index (χ0) is 43.6. The number of esters is 1. The topological polar surface area (TPSA) is 141 Å². The number of hydrogen-bond donors (Lipinski definition) is 1. The molecule has 4 aromatic carbocycles. The Hall–Kier alpha value is -5.06. The van der Waals surface area contributed by atoms with E-state index in [9.17, 15) is 19.2 Å². The van der Waals surface area contributed by atoms with Gasteiger partial charge in [0.2, 0.25) is 0 Å². The number of amides is 4. The highest BCUT2D eigenvalue weighted by atomic mass is 35.5. The van der Waals surface area contributed by atoms with E-state index in [1.54, 1.807) is 58.3 Å². The lowest BCUT2D eigenvalue weighted by Gasteiger charge is -2.43. The molecule has 8 rings (SSSR count). The second-order valence-corrected chi connectivity index (χ2v) is 16.5. The molecule has 0 aromatic heterocycles. The number of rotatable bonds is 11. The highest BCUT2D eigenvalue weighted by Gasteiger charge is 2.34. The number of halogens is 2. The number of benzene rings is 4. The van der Waals surface area contributed by atoms with Crippen molar-refractivity contribution in [2.45, 2.75) is 25.2 Å². The predicted octanol–water partition coefficient (Wildman–Crippen LogP) is 5.89. The summed E-state index contributed by atoms with van der Waals surface area (Å²) in [6, 6.07) is 29.8. The van der Waals surface area contributed by atoms with Crippen LogP contribution in [0.25, 0.3) is 0 Å². The van der Waals surface area contributed by atoms with Crippen molar-refractivity contribution in [3.8, 4) is 0 Å². The number of anilines is 2. The third-order valence-electron chi connectivity index (χ3n) is 11.7. The molecule has 0 unspecified atom stereocenters. The maximum absolute atomic E-state index is 13.5. The van der Waals surface area contributed by atoms with Gasteiger partial charge < -0.3 is 29.7 Å². The summed E-state index contributed by atoms with van der Waals surface area (Å²) >= 11 is 12.4. The number of ketones is 1. The van der Waals surface area contributed by atoms with E-state index in [1.807, 2.05) is 58.3 Å². The first-order chi connectivity index (χ1) is 30.1. The molecular weight excluding hydrogens is 833 g/mol. The summed E-state index contributed by atoms with van der Waals surface area (Å²) < 4.78 is 15.3. The molecule has 62 heavy (non-hydrogen) atoms. The highest BCUT2D eigenvalue weighted by Crippen LogP contribution is 2.26. The van der Waals surface area contributed by atoms with E-state index in [0.717, 1.165) is 75.1 Å². The molecule has 328 valence electrons. The van der Waals surface area contributed by atoms with Gasteiger partial charge in [-0.1, -0.05) is 71.7 Å². The average molecular weight is 887 g/mol. The van der Waals surface area contributed by atoms with Crippen LogP contribution in [0.1, 0.15) is 31.8 Å². The van der Waals surface area contributed by atoms with Crippen molar-refractivity contribution >= 4 is 58.4 Å². The van der Waals surface area contributed by atoms with Gasteiger partial charge >= 0.3 is 18.0 Å². The number of carbonyl (C=O) groups is 4. The largest absolute Gasteiger partial charge is 0.465 e. The van der Waals surface area contributed by atoms with Gasteiger partial charge in [0.25, 0.3) is 0 Å². The van der Waals surface area contributed by atoms with Gasteiger partial charge in [-0.25, -0.2) is 14.4 Å². The van der Waals surface area contributed by atoms with Crippen LogP contribution in [0.15, 0.2) is 97.1 Å². The van der Waals surface area contributed by atoms with Crippen LogP contribution in [-0.4, -0.2) is 148 Å². The fourth-order valence-electron chi connectivity index (χ4n) is 7.74. The van der Waals surface area contributed by atoms with Gasteiger partial charge in [-0.2, -0.15) is 0 Å². The van der Waals surface area contributed by atoms with E-state index in [1.165, 1.54) is 7.11 Å². The first-order valence-corrected chi connectivity index (χ1v) is 21.6. The summed E-state index contributed by atoms with van der Waals surface area (Å²) in [6.07, 6.45) is 0. The quantitative estimate of drug-likeness (QED) is 0.143. The molecule has 4 aliphatic heterocycles. The smallest absolute Gasteiger partial charge is 0.337 e. The number of carbonyl (C=O) groups excluding carboxylic acids is 4. The number of urea groups is 2. The molecule has 4 heterocycles. The molecule has 0 saturated carbocycles. The fourth-order valence-corrected chi connectivity index (χ4v) is 8.11. The second kappa shape index (κ2) is 21.3. The minimum Gasteiger partial charge on any atom is -0.465 e. The first kappa shape index (κ1) is 45.0. The molecule has 14 nitrogen and oxygen atoms in total. The Morgan fingerprint density at radius 3 is 1.35 bits per heavy atom. The van der Waals surface area contributed by atoms with Crippen molar-refractivity contribution in [3.63, 3.8) is 0 Å². The lowest BCUT2D eigenvalue weighted by atomic mass is 10.1. The minimum atomic E-state index is -0.385. The third kappa shape index (κ3) is 11.3. The molecule has 4 aromatic rings. The van der Waals surface area contributed by atoms with E-state index in [2.05, 4.69) is 9.80 Å². The van der Waals surface area contributed by atoms with Crippen LogP contribution in [0.5, 0.6) is 0 Å². The molecule has 0 bridgehead atoms. The molecule has 2 N–H and O–H groups in total. The van der Waals surface area contributed by atoms with E-state index in [0.29, 0.717) is 72.5 Å². The normalized spacial score (nSPS) is 17.2. The van der Waals surface area contributed by atoms with E-state index in [4.69, 9.17) is 43.1 Å². The molecule has 4 aliphatic rings. The van der Waals surface area contributed by atoms with Crippen molar-refractivity contribution in [1.29, 1.82) is 0 Å². The zero-order valence-electron chi connectivity index (χ0n) is 34.9. The third-order valence-corrected chi connectivity index (χ3v) is 12.1. The molecule has 0 atom stereocenters. The van der Waals surface area contributed by atoms with E-state index < -0.39 is 0 Å². The Labute approximate surface area is 372 Å². The van der Waals surface area contributed by atoms with Crippen molar-refractivity contribution in [1.82, 2.24) is 19.6 Å². The van der Waals surface area contributed by atoms with Gasteiger partial charge in [-0.3, -0.25) is 24.4 Å². The fraction of sp³-hybridized carbons (Fsp3) is 0.391.